The highest BCUT2D eigenvalue weighted by molar-refractivity contribution is 6.62. The summed E-state index contributed by atoms with van der Waals surface area (Å²) in [6.45, 7) is 12.7. The summed E-state index contributed by atoms with van der Waals surface area (Å²) in [5, 5.41) is 0. The molecule has 118 valence electrons. The molecule has 0 aliphatic heterocycles. The molecule has 0 radical (unpaired) electrons. The molecule has 0 heterocycles. The summed E-state index contributed by atoms with van der Waals surface area (Å²) in [5.74, 6) is -0.468. The molecule has 20 heavy (non-hydrogen) atoms. The normalized spacial score (nSPS) is 13.0. The van der Waals surface area contributed by atoms with Gasteiger partial charge in [-0.25, -0.2) is 4.79 Å². The molecule has 1 unspecified atom stereocenters. The van der Waals surface area contributed by atoms with E-state index in [0.29, 0.717) is 19.8 Å². The number of hydrogen-bond donors (Lipinski definition) is 0. The van der Waals surface area contributed by atoms with E-state index in [1.54, 1.807) is 0 Å². The van der Waals surface area contributed by atoms with Crippen LogP contribution < -0.4 is 0 Å². The Kier molecular flexibility index (Phi) is 10.6. The Balaban J connectivity index is 4.41. The Morgan fingerprint density at radius 1 is 1.10 bits per heavy atom. The van der Waals surface area contributed by atoms with Crippen LogP contribution in [0.25, 0.3) is 0 Å². The molecule has 0 N–H and O–H groups in total. The number of ether oxygens (including phenoxy) is 2. The van der Waals surface area contributed by atoms with Gasteiger partial charge in [0.2, 0.25) is 0 Å². The highest BCUT2D eigenvalue weighted by Crippen LogP contribution is 2.17. The van der Waals surface area contributed by atoms with Crippen LogP contribution in [0.1, 0.15) is 27.7 Å². The lowest BCUT2D eigenvalue weighted by atomic mass is 10.6. The molecule has 0 aromatic carbocycles. The highest BCUT2D eigenvalue weighted by Gasteiger charge is 2.48. The van der Waals surface area contributed by atoms with Gasteiger partial charge in [-0.05, 0) is 27.7 Å². The number of rotatable bonds is 12. The summed E-state index contributed by atoms with van der Waals surface area (Å²) < 4.78 is 27.6. The number of carbonyl (C=O) groups excluding carboxylic acids is 1. The van der Waals surface area contributed by atoms with E-state index in [1.807, 2.05) is 27.7 Å². The second-order valence-electron chi connectivity index (χ2n) is 3.79. The van der Waals surface area contributed by atoms with Gasteiger partial charge in [-0.15, -0.1) is 0 Å². The summed E-state index contributed by atoms with van der Waals surface area (Å²) in [5.41, 5.74) is -0.329. The summed E-state index contributed by atoms with van der Waals surface area (Å²) in [4.78, 5) is 10.9. The van der Waals surface area contributed by atoms with Crippen molar-refractivity contribution >= 4 is 14.8 Å². The van der Waals surface area contributed by atoms with Crippen molar-refractivity contribution in [1.29, 1.82) is 0 Å². The maximum atomic E-state index is 10.9. The summed E-state index contributed by atoms with van der Waals surface area (Å²) in [6.07, 6.45) is 1.11. The lowest BCUT2D eigenvalue weighted by molar-refractivity contribution is -0.139. The highest BCUT2D eigenvalue weighted by atomic mass is 28.4. The van der Waals surface area contributed by atoms with Gasteiger partial charge in [0.1, 0.15) is 12.3 Å². The van der Waals surface area contributed by atoms with Crippen molar-refractivity contribution < 1.29 is 27.5 Å². The van der Waals surface area contributed by atoms with Crippen molar-refractivity contribution in [2.75, 3.05) is 33.0 Å². The predicted molar refractivity (Wildman–Crippen MR) is 77.2 cm³/mol. The zero-order valence-electron chi connectivity index (χ0n) is 12.8. The first-order chi connectivity index (χ1) is 9.56. The minimum absolute atomic E-state index is 0.157. The summed E-state index contributed by atoms with van der Waals surface area (Å²) in [7, 11) is -2.87. The van der Waals surface area contributed by atoms with Gasteiger partial charge in [0.05, 0.1) is 6.61 Å². The molecule has 0 fully saturated rings. The lowest BCUT2D eigenvalue weighted by Crippen LogP contribution is -2.56. The Hall–Kier alpha value is -0.733. The number of esters is 1. The van der Waals surface area contributed by atoms with E-state index < -0.39 is 14.8 Å². The van der Waals surface area contributed by atoms with E-state index in [0.717, 1.165) is 6.08 Å². The van der Waals surface area contributed by atoms with Crippen molar-refractivity contribution in [3.8, 4) is 0 Å². The molecule has 1 atom stereocenters. The zero-order valence-corrected chi connectivity index (χ0v) is 13.8. The molecule has 0 rings (SSSR count). The van der Waals surface area contributed by atoms with E-state index in [-0.39, 0.29) is 18.9 Å². The van der Waals surface area contributed by atoms with Crippen LogP contribution in [0.5, 0.6) is 0 Å². The molecule has 0 aromatic heterocycles. The van der Waals surface area contributed by atoms with E-state index in [1.165, 1.54) is 0 Å². The van der Waals surface area contributed by atoms with Gasteiger partial charge in [0.15, 0.2) is 0 Å². The third kappa shape index (κ3) is 6.62. The molecule has 6 nitrogen and oxygen atoms in total. The molecule has 0 saturated carbocycles. The molecule has 0 amide bonds. The molecule has 0 bridgehead atoms. The molecule has 0 saturated heterocycles. The Morgan fingerprint density at radius 3 is 2.00 bits per heavy atom. The quantitative estimate of drug-likeness (QED) is 0.237. The lowest BCUT2D eigenvalue weighted by Gasteiger charge is -2.33. The second-order valence-corrected chi connectivity index (χ2v) is 6.67. The first kappa shape index (κ1) is 19.3. The van der Waals surface area contributed by atoms with Crippen LogP contribution in [0.15, 0.2) is 12.7 Å². The molecular weight excluding hydrogens is 280 g/mol. The van der Waals surface area contributed by atoms with E-state index >= 15 is 0 Å². The first-order valence-corrected chi connectivity index (χ1v) is 8.69. The largest absolute Gasteiger partial charge is 0.531 e. The van der Waals surface area contributed by atoms with Crippen LogP contribution in [-0.4, -0.2) is 53.5 Å². The molecule has 0 spiro atoms. The van der Waals surface area contributed by atoms with Gasteiger partial charge in [0.25, 0.3) is 0 Å². The third-order valence-electron chi connectivity index (χ3n) is 2.40. The average molecular weight is 306 g/mol. The van der Waals surface area contributed by atoms with Gasteiger partial charge in [-0.2, -0.15) is 0 Å². The average Bonchev–Trinajstić information content (AvgIpc) is 2.43. The van der Waals surface area contributed by atoms with Gasteiger partial charge in [-0.3, -0.25) is 0 Å². The van der Waals surface area contributed by atoms with Crippen LogP contribution in [0.2, 0.25) is 0 Å². The van der Waals surface area contributed by atoms with Crippen LogP contribution in [-0.2, 0) is 27.5 Å². The Bertz CT molecular complexity index is 267. The van der Waals surface area contributed by atoms with Crippen molar-refractivity contribution in [2.45, 2.75) is 33.4 Å². The van der Waals surface area contributed by atoms with Gasteiger partial charge in [0, 0.05) is 25.9 Å². The maximum absolute atomic E-state index is 10.9. The van der Waals surface area contributed by atoms with Crippen LogP contribution >= 0.6 is 0 Å². The van der Waals surface area contributed by atoms with Gasteiger partial charge < -0.3 is 22.8 Å². The molecule has 0 aliphatic carbocycles. The van der Waals surface area contributed by atoms with E-state index in [2.05, 4.69) is 6.58 Å². The van der Waals surface area contributed by atoms with Gasteiger partial charge >= 0.3 is 14.8 Å². The maximum Gasteiger partial charge on any atom is 0.531 e. The topological polar surface area (TPSA) is 63.2 Å². The number of carbonyl (C=O) groups is 1. The SMILES string of the molecule is C=CC(=O)OCCOC(C)[Si](OCC)(OCC)OCC. The van der Waals surface area contributed by atoms with Crippen molar-refractivity contribution in [1.82, 2.24) is 0 Å². The minimum atomic E-state index is -2.87. The number of hydrogen-bond acceptors (Lipinski definition) is 6. The van der Waals surface area contributed by atoms with E-state index in [9.17, 15) is 4.79 Å². The molecule has 7 heteroatoms. The monoisotopic (exact) mass is 306 g/mol. The third-order valence-corrected chi connectivity index (χ3v) is 5.63. The fraction of sp³-hybridized carbons (Fsp3) is 0.769. The van der Waals surface area contributed by atoms with Crippen LogP contribution in [0.3, 0.4) is 0 Å². The molecule has 0 aliphatic rings. The fourth-order valence-corrected chi connectivity index (χ4v) is 4.09. The Morgan fingerprint density at radius 2 is 1.60 bits per heavy atom. The summed E-state index contributed by atoms with van der Waals surface area (Å²) in [6, 6.07) is 0. The first-order valence-electron chi connectivity index (χ1n) is 6.88. The molecular formula is C13H26O6Si. The minimum Gasteiger partial charge on any atom is -0.460 e. The van der Waals surface area contributed by atoms with Crippen molar-refractivity contribution in [3.63, 3.8) is 0 Å². The zero-order chi connectivity index (χ0) is 15.4. The van der Waals surface area contributed by atoms with Gasteiger partial charge in [-0.1, -0.05) is 6.58 Å². The van der Waals surface area contributed by atoms with Crippen LogP contribution in [0.4, 0.5) is 0 Å². The second kappa shape index (κ2) is 11.0. The standard InChI is InChI=1S/C13H26O6Si/c1-6-13(14)16-11-10-15-12(5)20(17-7-2,18-8-3)19-9-4/h6,12H,1,7-11H2,2-5H3. The predicted octanol–water partition coefficient (Wildman–Crippen LogP) is 1.71. The summed E-state index contributed by atoms with van der Waals surface area (Å²) >= 11 is 0. The van der Waals surface area contributed by atoms with E-state index in [4.69, 9.17) is 22.8 Å². The fourth-order valence-electron chi connectivity index (χ4n) is 1.61. The van der Waals surface area contributed by atoms with Crippen molar-refractivity contribution in [3.05, 3.63) is 12.7 Å². The smallest absolute Gasteiger partial charge is 0.460 e. The van der Waals surface area contributed by atoms with Crippen LogP contribution in [0, 0.1) is 0 Å². The molecule has 0 aromatic rings. The Labute approximate surface area is 122 Å². The van der Waals surface area contributed by atoms with Crippen molar-refractivity contribution in [2.24, 2.45) is 0 Å².